The van der Waals surface area contributed by atoms with Crippen LogP contribution in [0.1, 0.15) is 44.6 Å². The molecule has 2 N–H and O–H groups in total. The van der Waals surface area contributed by atoms with Gasteiger partial charge in [0.15, 0.2) is 6.61 Å². The lowest BCUT2D eigenvalue weighted by Gasteiger charge is -2.29. The molecule has 1 fully saturated rings. The highest BCUT2D eigenvalue weighted by atomic mass is 16.5. The van der Waals surface area contributed by atoms with E-state index in [0.717, 1.165) is 30.6 Å². The summed E-state index contributed by atoms with van der Waals surface area (Å²) in [5.74, 6) is 0.0327. The van der Waals surface area contributed by atoms with Crippen molar-refractivity contribution in [3.8, 4) is 5.75 Å². The van der Waals surface area contributed by atoms with Crippen LogP contribution in [0.5, 0.6) is 5.75 Å². The van der Waals surface area contributed by atoms with Crippen LogP contribution in [-0.2, 0) is 20.7 Å². The number of aryl methyl sites for hydroxylation is 1. The number of esters is 1. The van der Waals surface area contributed by atoms with Crippen molar-refractivity contribution in [2.75, 3.05) is 13.7 Å². The van der Waals surface area contributed by atoms with Gasteiger partial charge in [-0.3, -0.25) is 14.9 Å². The molecule has 7 heteroatoms. The molecule has 1 aliphatic rings. The van der Waals surface area contributed by atoms with Gasteiger partial charge in [0, 0.05) is 12.5 Å². The highest BCUT2D eigenvalue weighted by molar-refractivity contribution is 5.95. The van der Waals surface area contributed by atoms with Gasteiger partial charge < -0.3 is 14.8 Å². The van der Waals surface area contributed by atoms with Gasteiger partial charge in [0.1, 0.15) is 5.75 Å². The van der Waals surface area contributed by atoms with Gasteiger partial charge in [-0.05, 0) is 42.9 Å². The smallest absolute Gasteiger partial charge is 0.321 e. The van der Waals surface area contributed by atoms with Crippen LogP contribution in [0.15, 0.2) is 24.3 Å². The van der Waals surface area contributed by atoms with Gasteiger partial charge >= 0.3 is 12.0 Å². The maximum Gasteiger partial charge on any atom is 0.321 e. The summed E-state index contributed by atoms with van der Waals surface area (Å²) in [6.45, 7) is 1.63. The molecular formula is C20H28N2O5. The van der Waals surface area contributed by atoms with Gasteiger partial charge in [-0.2, -0.15) is 0 Å². The van der Waals surface area contributed by atoms with E-state index in [1.807, 2.05) is 24.3 Å². The predicted molar refractivity (Wildman–Crippen MR) is 100 cm³/mol. The molecular weight excluding hydrogens is 348 g/mol. The maximum absolute atomic E-state index is 11.9. The van der Waals surface area contributed by atoms with Gasteiger partial charge in [-0.1, -0.05) is 31.9 Å². The number of hydrogen-bond acceptors (Lipinski definition) is 5. The zero-order valence-electron chi connectivity index (χ0n) is 16.0. The lowest BCUT2D eigenvalue weighted by Crippen LogP contribution is -2.48. The Morgan fingerprint density at radius 2 is 1.81 bits per heavy atom. The summed E-state index contributed by atoms with van der Waals surface area (Å²) in [6, 6.07) is 6.93. The fraction of sp³-hybridized carbons (Fsp3) is 0.550. The van der Waals surface area contributed by atoms with Gasteiger partial charge in [-0.25, -0.2) is 4.79 Å². The van der Waals surface area contributed by atoms with E-state index in [2.05, 4.69) is 17.6 Å². The molecule has 0 spiro atoms. The summed E-state index contributed by atoms with van der Waals surface area (Å²) < 4.78 is 10.0. The molecule has 0 bridgehead atoms. The number of nitrogens with one attached hydrogen (secondary N) is 2. The van der Waals surface area contributed by atoms with Crippen LogP contribution in [-0.4, -0.2) is 37.7 Å². The van der Waals surface area contributed by atoms with E-state index < -0.39 is 24.5 Å². The minimum Gasteiger partial charge on any atom is -0.497 e. The monoisotopic (exact) mass is 376 g/mol. The molecule has 0 aliphatic heterocycles. The van der Waals surface area contributed by atoms with Crippen molar-refractivity contribution in [1.82, 2.24) is 10.6 Å². The Kier molecular flexibility index (Phi) is 8.10. The van der Waals surface area contributed by atoms with Crippen LogP contribution >= 0.6 is 0 Å². The molecule has 1 saturated carbocycles. The zero-order chi connectivity index (χ0) is 19.6. The molecule has 0 heterocycles. The lowest BCUT2D eigenvalue weighted by atomic mass is 9.86. The van der Waals surface area contributed by atoms with Gasteiger partial charge in [0.25, 0.3) is 5.91 Å². The molecule has 3 amide bonds. The minimum atomic E-state index is -0.631. The van der Waals surface area contributed by atoms with Gasteiger partial charge in [0.2, 0.25) is 0 Å². The van der Waals surface area contributed by atoms with E-state index in [4.69, 9.17) is 9.47 Å². The Morgan fingerprint density at radius 3 is 2.48 bits per heavy atom. The average Bonchev–Trinajstić information content (AvgIpc) is 2.67. The van der Waals surface area contributed by atoms with Crippen LogP contribution in [0.3, 0.4) is 0 Å². The number of urea groups is 1. The number of imide groups is 1. The van der Waals surface area contributed by atoms with E-state index in [9.17, 15) is 14.4 Å². The van der Waals surface area contributed by atoms with Crippen molar-refractivity contribution >= 4 is 17.9 Å². The highest BCUT2D eigenvalue weighted by Crippen LogP contribution is 2.23. The third-order valence-electron chi connectivity index (χ3n) is 4.82. The van der Waals surface area contributed by atoms with Crippen molar-refractivity contribution in [1.29, 1.82) is 0 Å². The SMILES string of the molecule is COc1ccc(CCC(=O)OCC(=O)NC(=O)N[C@H]2CCCC[C@H]2C)cc1. The van der Waals surface area contributed by atoms with Gasteiger partial charge in [0.05, 0.1) is 7.11 Å². The van der Waals surface area contributed by atoms with Crippen molar-refractivity contribution in [2.24, 2.45) is 5.92 Å². The number of benzene rings is 1. The quantitative estimate of drug-likeness (QED) is 0.714. The number of amides is 3. The summed E-state index contributed by atoms with van der Waals surface area (Å²) in [5.41, 5.74) is 0.971. The molecule has 148 valence electrons. The van der Waals surface area contributed by atoms with Crippen molar-refractivity contribution in [3.05, 3.63) is 29.8 Å². The molecule has 0 aromatic heterocycles. The molecule has 0 radical (unpaired) electrons. The molecule has 7 nitrogen and oxygen atoms in total. The molecule has 0 unspecified atom stereocenters. The number of carbonyl (C=O) groups is 3. The standard InChI is InChI=1S/C20H28N2O5/c1-14-5-3-4-6-17(14)21-20(25)22-18(23)13-27-19(24)12-9-15-7-10-16(26-2)11-8-15/h7-8,10-11,14,17H,3-6,9,12-13H2,1-2H3,(H2,21,22,23,25)/t14-,17+/m1/s1. The average molecular weight is 376 g/mol. The number of ether oxygens (including phenoxy) is 2. The fourth-order valence-corrected chi connectivity index (χ4v) is 3.15. The highest BCUT2D eigenvalue weighted by Gasteiger charge is 2.23. The summed E-state index contributed by atoms with van der Waals surface area (Å²) in [4.78, 5) is 35.4. The molecule has 1 aliphatic carbocycles. The Balaban J connectivity index is 1.63. The Labute approximate surface area is 159 Å². The second-order valence-electron chi connectivity index (χ2n) is 6.90. The first-order valence-electron chi connectivity index (χ1n) is 9.37. The maximum atomic E-state index is 11.9. The third-order valence-corrected chi connectivity index (χ3v) is 4.82. The van der Waals surface area contributed by atoms with E-state index in [1.54, 1.807) is 7.11 Å². The van der Waals surface area contributed by atoms with Crippen LogP contribution in [0.25, 0.3) is 0 Å². The molecule has 2 rings (SSSR count). The number of methoxy groups -OCH3 is 1. The van der Waals surface area contributed by atoms with Crippen molar-refractivity contribution < 1.29 is 23.9 Å². The van der Waals surface area contributed by atoms with E-state index in [1.165, 1.54) is 6.42 Å². The first kappa shape index (κ1) is 20.7. The Hall–Kier alpha value is -2.57. The van der Waals surface area contributed by atoms with E-state index in [-0.39, 0.29) is 12.5 Å². The first-order chi connectivity index (χ1) is 13.0. The predicted octanol–water partition coefficient (Wildman–Crippen LogP) is 2.58. The van der Waals surface area contributed by atoms with Crippen LogP contribution in [0.2, 0.25) is 0 Å². The number of rotatable bonds is 7. The van der Waals surface area contributed by atoms with E-state index >= 15 is 0 Å². The summed E-state index contributed by atoms with van der Waals surface area (Å²) in [7, 11) is 1.59. The van der Waals surface area contributed by atoms with Crippen LogP contribution in [0, 0.1) is 5.92 Å². The third kappa shape index (κ3) is 7.29. The zero-order valence-corrected chi connectivity index (χ0v) is 16.0. The van der Waals surface area contributed by atoms with Crippen molar-refractivity contribution in [2.45, 2.75) is 51.5 Å². The van der Waals surface area contributed by atoms with Gasteiger partial charge in [-0.15, -0.1) is 0 Å². The Morgan fingerprint density at radius 1 is 1.11 bits per heavy atom. The molecule has 0 saturated heterocycles. The topological polar surface area (TPSA) is 93.7 Å². The molecule has 27 heavy (non-hydrogen) atoms. The summed E-state index contributed by atoms with van der Waals surface area (Å²) in [5, 5.41) is 5.03. The minimum absolute atomic E-state index is 0.0820. The van der Waals surface area contributed by atoms with E-state index in [0.29, 0.717) is 12.3 Å². The molecule has 2 atom stereocenters. The summed E-state index contributed by atoms with van der Waals surface area (Å²) in [6.07, 6.45) is 4.91. The second-order valence-corrected chi connectivity index (χ2v) is 6.90. The Bertz CT molecular complexity index is 644. The number of hydrogen-bond donors (Lipinski definition) is 2. The summed E-state index contributed by atoms with van der Waals surface area (Å²) >= 11 is 0. The first-order valence-corrected chi connectivity index (χ1v) is 9.37. The normalized spacial score (nSPS) is 19.0. The molecule has 1 aromatic carbocycles. The van der Waals surface area contributed by atoms with Crippen LogP contribution in [0.4, 0.5) is 4.79 Å². The largest absolute Gasteiger partial charge is 0.497 e. The van der Waals surface area contributed by atoms with Crippen LogP contribution < -0.4 is 15.4 Å². The lowest BCUT2D eigenvalue weighted by molar-refractivity contribution is -0.148. The second kappa shape index (κ2) is 10.5. The number of carbonyl (C=O) groups excluding carboxylic acids is 3. The fourth-order valence-electron chi connectivity index (χ4n) is 3.15. The van der Waals surface area contributed by atoms with Crippen molar-refractivity contribution in [3.63, 3.8) is 0 Å². The molecule has 1 aromatic rings.